The fourth-order valence-corrected chi connectivity index (χ4v) is 2.69. The Labute approximate surface area is 129 Å². The van der Waals surface area contributed by atoms with Crippen LogP contribution in [-0.4, -0.2) is 53.4 Å². The lowest BCUT2D eigenvalue weighted by Gasteiger charge is -2.42. The predicted octanol–water partition coefficient (Wildman–Crippen LogP) is 1.18. The molecule has 0 aromatic heterocycles. The van der Waals surface area contributed by atoms with Crippen LogP contribution in [0.4, 0.5) is 4.79 Å². The SMILES string of the molecule is O=C(Cc1ccc(Br)cc1)N1CC(N2C(=O)COC2=O)C1. The van der Waals surface area contributed by atoms with Gasteiger partial charge in [-0.15, -0.1) is 0 Å². The van der Waals surface area contributed by atoms with E-state index in [1.165, 1.54) is 0 Å². The number of imide groups is 1. The van der Waals surface area contributed by atoms with E-state index in [2.05, 4.69) is 20.7 Å². The Kier molecular flexibility index (Phi) is 3.67. The summed E-state index contributed by atoms with van der Waals surface area (Å²) in [6.45, 7) is 0.578. The van der Waals surface area contributed by atoms with Crippen molar-refractivity contribution in [2.45, 2.75) is 12.5 Å². The van der Waals surface area contributed by atoms with Crippen LogP contribution in [0.5, 0.6) is 0 Å². The summed E-state index contributed by atoms with van der Waals surface area (Å²) in [6, 6.07) is 7.31. The maximum Gasteiger partial charge on any atom is 0.417 e. The molecule has 2 aliphatic heterocycles. The van der Waals surface area contributed by atoms with Crippen LogP contribution < -0.4 is 0 Å². The van der Waals surface area contributed by atoms with Crippen molar-refractivity contribution in [1.82, 2.24) is 9.80 Å². The summed E-state index contributed by atoms with van der Waals surface area (Å²) < 4.78 is 5.63. The first kappa shape index (κ1) is 14.1. The molecule has 0 aliphatic carbocycles. The molecule has 21 heavy (non-hydrogen) atoms. The standard InChI is InChI=1S/C14H13BrN2O4/c15-10-3-1-9(2-4-10)5-12(18)16-6-11(7-16)17-13(19)8-21-14(17)20/h1-4,11H,5-8H2. The summed E-state index contributed by atoms with van der Waals surface area (Å²) in [6.07, 6.45) is -0.289. The highest BCUT2D eigenvalue weighted by atomic mass is 79.9. The van der Waals surface area contributed by atoms with Crippen molar-refractivity contribution in [3.8, 4) is 0 Å². The average molecular weight is 353 g/mol. The van der Waals surface area contributed by atoms with Gasteiger partial charge in [0.2, 0.25) is 5.91 Å². The van der Waals surface area contributed by atoms with Crippen molar-refractivity contribution in [3.05, 3.63) is 34.3 Å². The molecule has 0 saturated carbocycles. The normalized spacial score (nSPS) is 18.7. The van der Waals surface area contributed by atoms with E-state index >= 15 is 0 Å². The van der Waals surface area contributed by atoms with Crippen molar-refractivity contribution in [3.63, 3.8) is 0 Å². The first-order valence-electron chi connectivity index (χ1n) is 6.55. The highest BCUT2D eigenvalue weighted by molar-refractivity contribution is 9.10. The van der Waals surface area contributed by atoms with Crippen LogP contribution in [0.2, 0.25) is 0 Å². The minimum atomic E-state index is -0.606. The Morgan fingerprint density at radius 1 is 1.24 bits per heavy atom. The number of hydrogen-bond donors (Lipinski definition) is 0. The van der Waals surface area contributed by atoms with Gasteiger partial charge in [-0.1, -0.05) is 28.1 Å². The molecule has 3 rings (SSSR count). The largest absolute Gasteiger partial charge is 0.439 e. The topological polar surface area (TPSA) is 66.9 Å². The summed E-state index contributed by atoms with van der Waals surface area (Å²) in [4.78, 5) is 37.7. The van der Waals surface area contributed by atoms with E-state index in [1.807, 2.05) is 24.3 Å². The molecule has 0 spiro atoms. The highest BCUT2D eigenvalue weighted by Crippen LogP contribution is 2.21. The molecule has 0 atom stereocenters. The van der Waals surface area contributed by atoms with E-state index in [1.54, 1.807) is 4.90 Å². The van der Waals surface area contributed by atoms with Crippen molar-refractivity contribution in [2.75, 3.05) is 19.7 Å². The van der Waals surface area contributed by atoms with E-state index in [0.29, 0.717) is 19.5 Å². The molecule has 0 N–H and O–H groups in total. The zero-order chi connectivity index (χ0) is 15.0. The lowest BCUT2D eigenvalue weighted by molar-refractivity contribution is -0.141. The van der Waals surface area contributed by atoms with Crippen LogP contribution >= 0.6 is 15.9 Å². The van der Waals surface area contributed by atoms with Gasteiger partial charge in [0.05, 0.1) is 12.5 Å². The Morgan fingerprint density at radius 2 is 1.90 bits per heavy atom. The quantitative estimate of drug-likeness (QED) is 0.819. The number of carbonyl (C=O) groups is 3. The first-order valence-corrected chi connectivity index (χ1v) is 7.35. The van der Waals surface area contributed by atoms with Gasteiger partial charge in [-0.25, -0.2) is 9.69 Å². The maximum atomic E-state index is 12.1. The van der Waals surface area contributed by atoms with Gasteiger partial charge in [0.1, 0.15) is 0 Å². The molecule has 3 amide bonds. The molecule has 1 aromatic carbocycles. The van der Waals surface area contributed by atoms with Gasteiger partial charge in [0.15, 0.2) is 6.61 Å². The molecule has 0 radical (unpaired) electrons. The number of benzene rings is 1. The molecule has 2 aliphatic rings. The minimum absolute atomic E-state index is 0.00594. The Balaban J connectivity index is 1.54. The number of amides is 3. The van der Waals surface area contributed by atoms with Gasteiger partial charge in [-0.2, -0.15) is 0 Å². The van der Waals surface area contributed by atoms with Gasteiger partial charge in [0, 0.05) is 17.6 Å². The van der Waals surface area contributed by atoms with Crippen molar-refractivity contribution < 1.29 is 19.1 Å². The Hall–Kier alpha value is -1.89. The van der Waals surface area contributed by atoms with Crippen LogP contribution in [0.15, 0.2) is 28.7 Å². The van der Waals surface area contributed by atoms with Gasteiger partial charge in [-0.05, 0) is 17.7 Å². The number of halogens is 1. The third-order valence-corrected chi connectivity index (χ3v) is 4.16. The summed E-state index contributed by atoms with van der Waals surface area (Å²) >= 11 is 3.35. The number of nitrogens with zero attached hydrogens (tertiary/aromatic N) is 2. The Morgan fingerprint density at radius 3 is 2.48 bits per heavy atom. The second-order valence-electron chi connectivity index (χ2n) is 5.07. The van der Waals surface area contributed by atoms with Crippen molar-refractivity contribution in [2.24, 2.45) is 0 Å². The third-order valence-electron chi connectivity index (χ3n) is 3.63. The molecule has 0 unspecified atom stereocenters. The second-order valence-corrected chi connectivity index (χ2v) is 5.99. The van der Waals surface area contributed by atoms with E-state index in [-0.39, 0.29) is 24.5 Å². The molecule has 1 aromatic rings. The molecular weight excluding hydrogens is 340 g/mol. The number of carbonyl (C=O) groups excluding carboxylic acids is 3. The molecular formula is C14H13BrN2O4. The zero-order valence-electron chi connectivity index (χ0n) is 11.1. The number of ether oxygens (including phenoxy) is 1. The van der Waals surface area contributed by atoms with Gasteiger partial charge in [0.25, 0.3) is 5.91 Å². The lowest BCUT2D eigenvalue weighted by atomic mass is 10.0. The first-order chi connectivity index (χ1) is 10.0. The number of rotatable bonds is 3. The summed E-state index contributed by atoms with van der Waals surface area (Å²) in [7, 11) is 0. The number of likely N-dealkylation sites (tertiary alicyclic amines) is 1. The van der Waals surface area contributed by atoms with Gasteiger partial charge >= 0.3 is 6.09 Å². The average Bonchev–Trinajstić information content (AvgIpc) is 2.72. The smallest absolute Gasteiger partial charge is 0.417 e. The number of hydrogen-bond acceptors (Lipinski definition) is 4. The second kappa shape index (κ2) is 5.48. The molecule has 0 bridgehead atoms. The molecule has 2 fully saturated rings. The fraction of sp³-hybridized carbons (Fsp3) is 0.357. The minimum Gasteiger partial charge on any atom is -0.439 e. The van der Waals surface area contributed by atoms with E-state index in [0.717, 1.165) is 14.9 Å². The molecule has 2 saturated heterocycles. The van der Waals surface area contributed by atoms with Gasteiger partial charge < -0.3 is 9.64 Å². The van der Waals surface area contributed by atoms with E-state index in [9.17, 15) is 14.4 Å². The van der Waals surface area contributed by atoms with Crippen LogP contribution in [0.3, 0.4) is 0 Å². The summed E-state index contributed by atoms with van der Waals surface area (Å²) in [5, 5.41) is 0. The maximum absolute atomic E-state index is 12.1. The van der Waals surface area contributed by atoms with E-state index < -0.39 is 6.09 Å². The van der Waals surface area contributed by atoms with Crippen molar-refractivity contribution >= 4 is 33.8 Å². The highest BCUT2D eigenvalue weighted by Gasteiger charge is 2.44. The number of cyclic esters (lactones) is 1. The van der Waals surface area contributed by atoms with E-state index in [4.69, 9.17) is 0 Å². The van der Waals surface area contributed by atoms with Crippen LogP contribution in [-0.2, 0) is 20.7 Å². The van der Waals surface area contributed by atoms with Crippen molar-refractivity contribution in [1.29, 1.82) is 0 Å². The third kappa shape index (κ3) is 2.78. The van der Waals surface area contributed by atoms with Gasteiger partial charge in [-0.3, -0.25) is 9.59 Å². The molecule has 110 valence electrons. The molecule has 7 heteroatoms. The summed E-state index contributed by atoms with van der Waals surface area (Å²) in [5.41, 5.74) is 0.934. The van der Waals surface area contributed by atoms with Crippen LogP contribution in [0, 0.1) is 0 Å². The Bertz CT molecular complexity index is 579. The molecule has 2 heterocycles. The van der Waals surface area contributed by atoms with Crippen LogP contribution in [0.25, 0.3) is 0 Å². The monoisotopic (exact) mass is 352 g/mol. The zero-order valence-corrected chi connectivity index (χ0v) is 12.7. The van der Waals surface area contributed by atoms with Crippen LogP contribution in [0.1, 0.15) is 5.56 Å². The fourth-order valence-electron chi connectivity index (χ4n) is 2.43. The lowest BCUT2D eigenvalue weighted by Crippen LogP contribution is -2.62. The predicted molar refractivity (Wildman–Crippen MR) is 76.4 cm³/mol. The molecule has 6 nitrogen and oxygen atoms in total. The summed E-state index contributed by atoms with van der Waals surface area (Å²) in [5.74, 6) is -0.335.